The molecule has 34 heavy (non-hydrogen) atoms. The zero-order valence-corrected chi connectivity index (χ0v) is 17.8. The van der Waals surface area contributed by atoms with Gasteiger partial charge in [0, 0.05) is 6.42 Å². The maximum Gasteiger partial charge on any atom is 0.418 e. The fourth-order valence-electron chi connectivity index (χ4n) is 3.27. The molecule has 9 nitrogen and oxygen atoms in total. The first kappa shape index (κ1) is 24.6. The number of carbonyl (C=O) groups is 4. The van der Waals surface area contributed by atoms with Crippen molar-refractivity contribution < 1.29 is 41.8 Å². The molecule has 0 aliphatic carbocycles. The molecule has 1 aliphatic heterocycles. The number of nitrogens with zero attached hydrogens (tertiary/aromatic N) is 1. The summed E-state index contributed by atoms with van der Waals surface area (Å²) < 4.78 is 49.0. The van der Waals surface area contributed by atoms with E-state index in [0.29, 0.717) is 5.75 Å². The average Bonchev–Trinajstić information content (AvgIpc) is 3.17. The van der Waals surface area contributed by atoms with Crippen LogP contribution in [0.1, 0.15) is 22.3 Å². The van der Waals surface area contributed by atoms with Gasteiger partial charge in [-0.25, -0.2) is 0 Å². The predicted octanol–water partition coefficient (Wildman–Crippen LogP) is 2.39. The van der Waals surface area contributed by atoms with E-state index in [-0.39, 0.29) is 18.5 Å². The van der Waals surface area contributed by atoms with Crippen LogP contribution in [0.5, 0.6) is 5.75 Å². The number of nitrogens with one attached hydrogen (secondary N) is 2. The third-order valence-electron chi connectivity index (χ3n) is 4.90. The number of anilines is 1. The molecule has 3 rings (SSSR count). The molecular weight excluding hydrogens is 459 g/mol. The van der Waals surface area contributed by atoms with Crippen molar-refractivity contribution in [1.82, 2.24) is 10.4 Å². The van der Waals surface area contributed by atoms with Crippen LogP contribution in [-0.4, -0.2) is 49.0 Å². The van der Waals surface area contributed by atoms with Gasteiger partial charge >= 0.3 is 12.1 Å². The minimum Gasteiger partial charge on any atom is -0.496 e. The lowest BCUT2D eigenvalue weighted by Gasteiger charge is -2.18. The Morgan fingerprint density at radius 3 is 2.47 bits per heavy atom. The molecule has 1 atom stereocenters. The standard InChI is InChI=1S/C22H20F3N3O6/c1-33-17-9-5-2-6-14(17)20(31)27-28-11-13(10-19(28)30)21(32)34-12-18(29)26-16-8-4-3-7-15(16)22(23,24)25/h2-9,13H,10-12H2,1H3,(H,26,29)(H,27,31)/t13-/m1/s1. The smallest absolute Gasteiger partial charge is 0.418 e. The Morgan fingerprint density at radius 2 is 1.76 bits per heavy atom. The van der Waals surface area contributed by atoms with Gasteiger partial charge in [-0.2, -0.15) is 13.2 Å². The Hall–Kier alpha value is -4.09. The van der Waals surface area contributed by atoms with Crippen LogP contribution in [-0.2, 0) is 25.3 Å². The third-order valence-corrected chi connectivity index (χ3v) is 4.90. The number of ether oxygens (including phenoxy) is 2. The Bertz CT molecular complexity index is 1110. The second-order valence-electron chi connectivity index (χ2n) is 7.25. The number of hydrogen-bond acceptors (Lipinski definition) is 6. The number of methoxy groups -OCH3 is 1. The van der Waals surface area contributed by atoms with Crippen molar-refractivity contribution >= 4 is 29.4 Å². The van der Waals surface area contributed by atoms with E-state index in [1.807, 2.05) is 0 Å². The zero-order chi connectivity index (χ0) is 24.9. The van der Waals surface area contributed by atoms with E-state index in [2.05, 4.69) is 10.7 Å². The number of hydrogen-bond donors (Lipinski definition) is 2. The van der Waals surface area contributed by atoms with Crippen molar-refractivity contribution in [3.8, 4) is 5.75 Å². The van der Waals surface area contributed by atoms with Crippen LogP contribution in [0.2, 0.25) is 0 Å². The molecule has 0 aromatic heterocycles. The van der Waals surface area contributed by atoms with Gasteiger partial charge < -0.3 is 14.8 Å². The molecule has 1 aliphatic rings. The van der Waals surface area contributed by atoms with Crippen LogP contribution in [0.3, 0.4) is 0 Å². The topological polar surface area (TPSA) is 114 Å². The Kier molecular flexibility index (Phi) is 7.39. The molecule has 3 amide bonds. The van der Waals surface area contributed by atoms with Crippen molar-refractivity contribution in [3.05, 3.63) is 59.7 Å². The number of benzene rings is 2. The van der Waals surface area contributed by atoms with Crippen LogP contribution >= 0.6 is 0 Å². The van der Waals surface area contributed by atoms with Crippen molar-refractivity contribution in [3.63, 3.8) is 0 Å². The SMILES string of the molecule is COc1ccccc1C(=O)NN1C[C@H](C(=O)OCC(=O)Nc2ccccc2C(F)(F)F)CC1=O. The summed E-state index contributed by atoms with van der Waals surface area (Å²) in [6.07, 6.45) is -4.95. The number of esters is 1. The van der Waals surface area contributed by atoms with E-state index in [4.69, 9.17) is 9.47 Å². The second kappa shape index (κ2) is 10.2. The number of alkyl halides is 3. The van der Waals surface area contributed by atoms with Crippen LogP contribution in [0.25, 0.3) is 0 Å². The molecule has 12 heteroatoms. The molecule has 2 aromatic rings. The molecule has 180 valence electrons. The van der Waals surface area contributed by atoms with Crippen LogP contribution in [0, 0.1) is 5.92 Å². The molecule has 0 bridgehead atoms. The molecule has 0 radical (unpaired) electrons. The van der Waals surface area contributed by atoms with E-state index in [9.17, 15) is 32.3 Å². The number of halogens is 3. The van der Waals surface area contributed by atoms with Gasteiger partial charge in [0.05, 0.1) is 36.4 Å². The highest BCUT2D eigenvalue weighted by Crippen LogP contribution is 2.34. The first-order chi connectivity index (χ1) is 16.1. The largest absolute Gasteiger partial charge is 0.496 e. The lowest BCUT2D eigenvalue weighted by molar-refractivity contribution is -0.151. The predicted molar refractivity (Wildman–Crippen MR) is 111 cm³/mol. The molecule has 0 spiro atoms. The highest BCUT2D eigenvalue weighted by molar-refractivity contribution is 5.99. The molecule has 0 unspecified atom stereocenters. The molecular formula is C22H20F3N3O6. The van der Waals surface area contributed by atoms with Gasteiger partial charge in [0.1, 0.15) is 5.75 Å². The Morgan fingerprint density at radius 1 is 1.09 bits per heavy atom. The van der Waals surface area contributed by atoms with Gasteiger partial charge in [0.25, 0.3) is 11.8 Å². The van der Waals surface area contributed by atoms with Gasteiger partial charge in [0.15, 0.2) is 6.61 Å². The summed E-state index contributed by atoms with van der Waals surface area (Å²) in [5.74, 6) is -3.73. The summed E-state index contributed by atoms with van der Waals surface area (Å²) in [6, 6.07) is 10.7. The zero-order valence-electron chi connectivity index (χ0n) is 17.8. The fraction of sp³-hybridized carbons (Fsp3) is 0.273. The maximum atomic E-state index is 13.0. The normalized spacial score (nSPS) is 15.6. The van der Waals surface area contributed by atoms with E-state index in [1.165, 1.54) is 25.3 Å². The number of carbonyl (C=O) groups excluding carboxylic acids is 4. The molecule has 1 saturated heterocycles. The van der Waals surface area contributed by atoms with E-state index in [1.54, 1.807) is 18.2 Å². The Labute approximate surface area is 191 Å². The number of para-hydroxylation sites is 2. The summed E-state index contributed by atoms with van der Waals surface area (Å²) in [6.45, 7) is -1.04. The second-order valence-corrected chi connectivity index (χ2v) is 7.25. The average molecular weight is 479 g/mol. The third kappa shape index (κ3) is 5.82. The summed E-state index contributed by atoms with van der Waals surface area (Å²) in [5, 5.41) is 3.01. The first-order valence-corrected chi connectivity index (χ1v) is 9.97. The van der Waals surface area contributed by atoms with E-state index >= 15 is 0 Å². The highest BCUT2D eigenvalue weighted by Gasteiger charge is 2.37. The summed E-state index contributed by atoms with van der Waals surface area (Å²) in [5.41, 5.74) is 1.06. The summed E-state index contributed by atoms with van der Waals surface area (Å²) in [4.78, 5) is 48.9. The van der Waals surface area contributed by atoms with Gasteiger partial charge in [-0.1, -0.05) is 24.3 Å². The van der Waals surface area contributed by atoms with Gasteiger partial charge in [-0.05, 0) is 24.3 Å². The van der Waals surface area contributed by atoms with Crippen molar-refractivity contribution in [2.24, 2.45) is 5.92 Å². The molecule has 2 aromatic carbocycles. The van der Waals surface area contributed by atoms with E-state index in [0.717, 1.165) is 17.1 Å². The minimum absolute atomic E-state index is 0.180. The number of amides is 3. The summed E-state index contributed by atoms with van der Waals surface area (Å²) in [7, 11) is 1.39. The quantitative estimate of drug-likeness (QED) is 0.590. The van der Waals surface area contributed by atoms with Gasteiger partial charge in [-0.15, -0.1) is 0 Å². The van der Waals surface area contributed by atoms with Crippen molar-refractivity contribution in [1.29, 1.82) is 0 Å². The molecule has 2 N–H and O–H groups in total. The Balaban J connectivity index is 1.53. The maximum absolute atomic E-state index is 13.0. The first-order valence-electron chi connectivity index (χ1n) is 9.97. The lowest BCUT2D eigenvalue weighted by Crippen LogP contribution is -2.43. The highest BCUT2D eigenvalue weighted by atomic mass is 19.4. The minimum atomic E-state index is -4.68. The fourth-order valence-corrected chi connectivity index (χ4v) is 3.27. The monoisotopic (exact) mass is 479 g/mol. The number of hydrazine groups is 1. The van der Waals surface area contributed by atoms with Gasteiger partial charge in [-0.3, -0.25) is 29.6 Å². The van der Waals surface area contributed by atoms with Crippen molar-refractivity contribution in [2.45, 2.75) is 12.6 Å². The summed E-state index contributed by atoms with van der Waals surface area (Å²) >= 11 is 0. The van der Waals surface area contributed by atoms with Crippen LogP contribution in [0.15, 0.2) is 48.5 Å². The van der Waals surface area contributed by atoms with E-state index < -0.39 is 53.6 Å². The molecule has 1 fully saturated rings. The lowest BCUT2D eigenvalue weighted by atomic mass is 10.1. The van der Waals surface area contributed by atoms with Crippen molar-refractivity contribution in [2.75, 3.05) is 25.6 Å². The van der Waals surface area contributed by atoms with Crippen LogP contribution in [0.4, 0.5) is 18.9 Å². The van der Waals surface area contributed by atoms with Gasteiger partial charge in [0.2, 0.25) is 5.91 Å². The van der Waals surface area contributed by atoms with Crippen LogP contribution < -0.4 is 15.5 Å². The molecule has 1 heterocycles. The molecule has 0 saturated carbocycles. The number of rotatable bonds is 7.